The molecule has 1 rings (SSSR count). The second-order valence-electron chi connectivity index (χ2n) is 3.40. The number of ketones is 1. The Morgan fingerprint density at radius 2 is 2.25 bits per heavy atom. The van der Waals surface area contributed by atoms with Crippen molar-refractivity contribution in [3.63, 3.8) is 0 Å². The number of nitriles is 1. The fraction of sp³-hybridized carbons (Fsp3) is 0.273. The van der Waals surface area contributed by atoms with Gasteiger partial charge in [0.25, 0.3) is 0 Å². The summed E-state index contributed by atoms with van der Waals surface area (Å²) in [5.41, 5.74) is 0.923. The number of carbonyl (C=O) groups is 2. The van der Waals surface area contributed by atoms with Crippen molar-refractivity contribution in [3.05, 3.63) is 29.6 Å². The molecule has 0 aliphatic heterocycles. The zero-order valence-electron chi connectivity index (χ0n) is 8.67. The van der Waals surface area contributed by atoms with Crippen LogP contribution in [0.5, 0.6) is 0 Å². The summed E-state index contributed by atoms with van der Waals surface area (Å²) in [4.78, 5) is 25.7. The summed E-state index contributed by atoms with van der Waals surface area (Å²) in [6.07, 6.45) is 2.90. The van der Waals surface area contributed by atoms with E-state index in [1.807, 2.05) is 6.07 Å². The van der Waals surface area contributed by atoms with Crippen molar-refractivity contribution in [2.24, 2.45) is 5.92 Å². The Hall–Kier alpha value is -2.22. The number of carboxylic acid groups (broad SMARTS) is 1. The molecule has 0 aliphatic rings. The van der Waals surface area contributed by atoms with Crippen LogP contribution in [-0.4, -0.2) is 21.8 Å². The minimum absolute atomic E-state index is 0.0627. The molecule has 0 fully saturated rings. The molecule has 1 aromatic heterocycles. The Bertz CT molecular complexity index is 449. The van der Waals surface area contributed by atoms with Gasteiger partial charge in [-0.25, -0.2) is 0 Å². The van der Waals surface area contributed by atoms with Crippen LogP contribution in [0.25, 0.3) is 0 Å². The first-order chi connectivity index (χ1) is 7.54. The third kappa shape index (κ3) is 2.89. The molecule has 0 amide bonds. The fourth-order valence-electron chi connectivity index (χ4n) is 1.30. The molecule has 82 valence electrons. The van der Waals surface area contributed by atoms with Crippen LogP contribution in [0, 0.1) is 17.2 Å². The predicted molar refractivity (Wildman–Crippen MR) is 54.5 cm³/mol. The number of Topliss-reactive ketones (excluding diaryl/α,β-unsaturated/α-hetero) is 1. The van der Waals surface area contributed by atoms with Gasteiger partial charge in [-0.05, 0) is 25.0 Å². The molecule has 1 heterocycles. The smallest absolute Gasteiger partial charge is 0.314 e. The quantitative estimate of drug-likeness (QED) is 0.754. The Kier molecular flexibility index (Phi) is 3.72. The van der Waals surface area contributed by atoms with Crippen LogP contribution in [0.1, 0.15) is 18.1 Å². The number of aromatic nitrogens is 1. The topological polar surface area (TPSA) is 91.0 Å². The predicted octanol–water partition coefficient (Wildman–Crippen LogP) is 0.786. The first-order valence-corrected chi connectivity index (χ1v) is 4.62. The molecule has 0 aromatic carbocycles. The van der Waals surface area contributed by atoms with Crippen molar-refractivity contribution in [2.45, 2.75) is 13.3 Å². The van der Waals surface area contributed by atoms with Gasteiger partial charge in [0.05, 0.1) is 5.56 Å². The molecule has 0 aliphatic carbocycles. The van der Waals surface area contributed by atoms with E-state index in [2.05, 4.69) is 4.98 Å². The molecule has 1 N–H and O–H groups in total. The van der Waals surface area contributed by atoms with E-state index in [1.54, 1.807) is 0 Å². The number of pyridine rings is 1. The number of hydrogen-bond donors (Lipinski definition) is 1. The number of hydrogen-bond acceptors (Lipinski definition) is 4. The lowest BCUT2D eigenvalue weighted by atomic mass is 9.96. The second kappa shape index (κ2) is 5.03. The van der Waals surface area contributed by atoms with E-state index in [9.17, 15) is 9.59 Å². The van der Waals surface area contributed by atoms with Gasteiger partial charge < -0.3 is 5.11 Å². The zero-order chi connectivity index (χ0) is 12.1. The van der Waals surface area contributed by atoms with Gasteiger partial charge in [-0.15, -0.1) is 0 Å². The molecule has 0 radical (unpaired) electrons. The third-order valence-corrected chi connectivity index (χ3v) is 2.15. The summed E-state index contributed by atoms with van der Waals surface area (Å²) >= 11 is 0. The summed E-state index contributed by atoms with van der Waals surface area (Å²) in [7, 11) is 0. The average Bonchev–Trinajstić information content (AvgIpc) is 2.25. The molecule has 5 nitrogen and oxygen atoms in total. The van der Waals surface area contributed by atoms with Crippen LogP contribution >= 0.6 is 0 Å². The lowest BCUT2D eigenvalue weighted by molar-refractivity contribution is -0.145. The van der Waals surface area contributed by atoms with Crippen LogP contribution in [0.4, 0.5) is 0 Å². The number of nitrogens with zero attached hydrogens (tertiary/aromatic N) is 2. The first kappa shape index (κ1) is 11.9. The standard InChI is InChI=1S/C11H10N2O3/c1-7(14)10(11(15)16)3-8-2-9(4-12)6-13-5-8/h2,5-6,10H,3H2,1H3,(H,15,16). The molecular weight excluding hydrogens is 208 g/mol. The van der Waals surface area contributed by atoms with Crippen molar-refractivity contribution in [2.75, 3.05) is 0 Å². The SMILES string of the molecule is CC(=O)C(Cc1cncc(C#N)c1)C(=O)O. The van der Waals surface area contributed by atoms with E-state index < -0.39 is 17.7 Å². The summed E-state index contributed by atoms with van der Waals surface area (Å²) in [5.74, 6) is -2.64. The van der Waals surface area contributed by atoms with Crippen LogP contribution < -0.4 is 0 Å². The molecule has 1 atom stereocenters. The van der Waals surface area contributed by atoms with Crippen LogP contribution in [0.15, 0.2) is 18.5 Å². The number of carbonyl (C=O) groups excluding carboxylic acids is 1. The third-order valence-electron chi connectivity index (χ3n) is 2.15. The maximum absolute atomic E-state index is 11.1. The molecule has 1 unspecified atom stereocenters. The Balaban J connectivity index is 2.90. The molecule has 0 bridgehead atoms. The van der Waals surface area contributed by atoms with Crippen molar-refractivity contribution in [1.29, 1.82) is 5.26 Å². The van der Waals surface area contributed by atoms with Crippen molar-refractivity contribution in [1.82, 2.24) is 4.98 Å². The maximum atomic E-state index is 11.1. The molecule has 5 heteroatoms. The number of rotatable bonds is 4. The van der Waals surface area contributed by atoms with Gasteiger partial charge in [-0.1, -0.05) is 0 Å². The highest BCUT2D eigenvalue weighted by molar-refractivity contribution is 5.97. The van der Waals surface area contributed by atoms with Gasteiger partial charge in [0.2, 0.25) is 0 Å². The van der Waals surface area contributed by atoms with Gasteiger partial charge in [0, 0.05) is 12.4 Å². The Morgan fingerprint density at radius 3 is 2.75 bits per heavy atom. The van der Waals surface area contributed by atoms with Gasteiger partial charge in [-0.2, -0.15) is 5.26 Å². The van der Waals surface area contributed by atoms with Crippen molar-refractivity contribution >= 4 is 11.8 Å². The average molecular weight is 218 g/mol. The highest BCUT2D eigenvalue weighted by Crippen LogP contribution is 2.10. The van der Waals surface area contributed by atoms with Crippen molar-refractivity contribution in [3.8, 4) is 6.07 Å². The molecule has 1 aromatic rings. The lowest BCUT2D eigenvalue weighted by Gasteiger charge is -2.08. The first-order valence-electron chi connectivity index (χ1n) is 4.62. The van der Waals surface area contributed by atoms with Crippen LogP contribution in [0.3, 0.4) is 0 Å². The summed E-state index contributed by atoms with van der Waals surface area (Å²) in [6.45, 7) is 1.24. The summed E-state index contributed by atoms with van der Waals surface area (Å²) < 4.78 is 0. The van der Waals surface area contributed by atoms with Crippen molar-refractivity contribution < 1.29 is 14.7 Å². The van der Waals surface area contributed by atoms with Crippen LogP contribution in [-0.2, 0) is 16.0 Å². The Morgan fingerprint density at radius 1 is 1.56 bits per heavy atom. The molecule has 0 saturated carbocycles. The number of carboxylic acids is 1. The molecule has 16 heavy (non-hydrogen) atoms. The number of aliphatic carboxylic acids is 1. The van der Waals surface area contributed by atoms with E-state index in [4.69, 9.17) is 10.4 Å². The van der Waals surface area contributed by atoms with Crippen LogP contribution in [0.2, 0.25) is 0 Å². The van der Waals surface area contributed by atoms with Gasteiger partial charge >= 0.3 is 5.97 Å². The van der Waals surface area contributed by atoms with E-state index in [-0.39, 0.29) is 6.42 Å². The Labute approximate surface area is 92.4 Å². The van der Waals surface area contributed by atoms with Gasteiger partial charge in [0.15, 0.2) is 0 Å². The fourth-order valence-corrected chi connectivity index (χ4v) is 1.30. The van der Waals surface area contributed by atoms with E-state index in [0.717, 1.165) is 0 Å². The highest BCUT2D eigenvalue weighted by Gasteiger charge is 2.22. The summed E-state index contributed by atoms with van der Waals surface area (Å²) in [6, 6.07) is 3.44. The van der Waals surface area contributed by atoms with E-state index in [0.29, 0.717) is 11.1 Å². The largest absolute Gasteiger partial charge is 0.481 e. The zero-order valence-corrected chi connectivity index (χ0v) is 8.67. The van der Waals surface area contributed by atoms with E-state index in [1.165, 1.54) is 25.4 Å². The van der Waals surface area contributed by atoms with Gasteiger partial charge in [0.1, 0.15) is 17.8 Å². The molecular formula is C11H10N2O3. The van der Waals surface area contributed by atoms with E-state index >= 15 is 0 Å². The van der Waals surface area contributed by atoms with Gasteiger partial charge in [-0.3, -0.25) is 14.6 Å². The monoisotopic (exact) mass is 218 g/mol. The summed E-state index contributed by atoms with van der Waals surface area (Å²) in [5, 5.41) is 17.5. The molecule has 0 saturated heterocycles. The molecule has 0 spiro atoms. The second-order valence-corrected chi connectivity index (χ2v) is 3.40. The highest BCUT2D eigenvalue weighted by atomic mass is 16.4. The minimum atomic E-state index is -1.16. The normalized spacial score (nSPS) is 11.5. The lowest BCUT2D eigenvalue weighted by Crippen LogP contribution is -2.23. The maximum Gasteiger partial charge on any atom is 0.314 e. The minimum Gasteiger partial charge on any atom is -0.481 e.